The van der Waals surface area contributed by atoms with E-state index in [1.807, 2.05) is 36.4 Å². The van der Waals surface area contributed by atoms with Gasteiger partial charge in [0, 0.05) is 43.5 Å². The van der Waals surface area contributed by atoms with E-state index in [-0.39, 0.29) is 38.0 Å². The molecule has 0 fully saturated rings. The van der Waals surface area contributed by atoms with Gasteiger partial charge in [0.1, 0.15) is 17.9 Å². The summed E-state index contributed by atoms with van der Waals surface area (Å²) >= 11 is 0. The Kier molecular flexibility index (Phi) is 6.24. The summed E-state index contributed by atoms with van der Waals surface area (Å²) in [6, 6.07) is 12.9. The highest BCUT2D eigenvalue weighted by Crippen LogP contribution is 2.38. The molecule has 0 radical (unpaired) electrons. The van der Waals surface area contributed by atoms with Gasteiger partial charge < -0.3 is 28.8 Å². The average molecular weight is 490 g/mol. The first-order valence-corrected chi connectivity index (χ1v) is 11.6. The number of furan rings is 1. The summed E-state index contributed by atoms with van der Waals surface area (Å²) < 4.78 is 22.8. The van der Waals surface area contributed by atoms with Crippen LogP contribution in [0.3, 0.4) is 0 Å². The number of carbonyl (C=O) groups excluding carboxylic acids is 2. The molecule has 1 aliphatic heterocycles. The van der Waals surface area contributed by atoms with Crippen LogP contribution < -0.4 is 14.8 Å². The van der Waals surface area contributed by atoms with Crippen LogP contribution in [0, 0.1) is 0 Å². The maximum absolute atomic E-state index is 13.7. The molecule has 1 N–H and O–H groups in total. The SMILES string of the molecule is COCCN1C(=O)c2oc3ccccc3c2OCC1(C)C(=O)NCc1c(OC)ccc2cnccc12. The summed E-state index contributed by atoms with van der Waals surface area (Å²) in [5.74, 6) is 0.274. The lowest BCUT2D eigenvalue weighted by Gasteiger charge is -2.37. The molecule has 0 spiro atoms. The van der Waals surface area contributed by atoms with Crippen molar-refractivity contribution in [3.8, 4) is 11.5 Å². The fourth-order valence-electron chi connectivity index (χ4n) is 4.61. The predicted molar refractivity (Wildman–Crippen MR) is 133 cm³/mol. The summed E-state index contributed by atoms with van der Waals surface area (Å²) in [5, 5.41) is 5.54. The first-order chi connectivity index (χ1) is 17.5. The average Bonchev–Trinajstić information content (AvgIpc) is 3.24. The van der Waals surface area contributed by atoms with Crippen LogP contribution in [0.5, 0.6) is 11.5 Å². The number of benzene rings is 2. The smallest absolute Gasteiger partial charge is 0.294 e. The molecule has 2 aromatic heterocycles. The molecule has 1 unspecified atom stereocenters. The van der Waals surface area contributed by atoms with Gasteiger partial charge in [-0.15, -0.1) is 0 Å². The van der Waals surface area contributed by atoms with E-state index < -0.39 is 11.4 Å². The third-order valence-corrected chi connectivity index (χ3v) is 6.63. The van der Waals surface area contributed by atoms with Crippen LogP contribution in [0.1, 0.15) is 23.0 Å². The van der Waals surface area contributed by atoms with E-state index in [2.05, 4.69) is 10.3 Å². The Labute approximate surface area is 207 Å². The van der Waals surface area contributed by atoms with Gasteiger partial charge >= 0.3 is 0 Å². The fourth-order valence-corrected chi connectivity index (χ4v) is 4.61. The first kappa shape index (κ1) is 23.6. The van der Waals surface area contributed by atoms with Crippen LogP contribution in [-0.4, -0.2) is 61.2 Å². The maximum Gasteiger partial charge on any atom is 0.294 e. The number of aromatic nitrogens is 1. The highest BCUT2D eigenvalue weighted by atomic mass is 16.5. The highest BCUT2D eigenvalue weighted by molar-refractivity contribution is 6.04. The number of para-hydroxylation sites is 1. The Balaban J connectivity index is 1.47. The minimum absolute atomic E-state index is 0.0542. The molecule has 36 heavy (non-hydrogen) atoms. The standard InChI is InChI=1S/C27H27N3O6/c1-27(26(32)29-15-20-18-10-11-28-14-17(18)8-9-21(20)34-3)16-35-23-19-6-4-5-7-22(19)36-24(23)25(31)30(27)12-13-33-2/h4-11,14H,12-13,15-16H2,1-3H3,(H,29,32). The summed E-state index contributed by atoms with van der Waals surface area (Å²) in [5.41, 5.74) is 0.0436. The van der Waals surface area contributed by atoms with E-state index in [4.69, 9.17) is 18.6 Å². The van der Waals surface area contributed by atoms with Gasteiger partial charge in [-0.05, 0) is 42.6 Å². The number of nitrogens with one attached hydrogen (secondary N) is 1. The van der Waals surface area contributed by atoms with Gasteiger partial charge in [0.25, 0.3) is 5.91 Å². The van der Waals surface area contributed by atoms with Gasteiger partial charge in [-0.2, -0.15) is 0 Å². The Morgan fingerprint density at radius 1 is 1.17 bits per heavy atom. The van der Waals surface area contributed by atoms with E-state index in [1.165, 1.54) is 4.90 Å². The number of hydrogen-bond acceptors (Lipinski definition) is 7. The minimum atomic E-state index is -1.32. The van der Waals surface area contributed by atoms with Crippen molar-refractivity contribution in [3.63, 3.8) is 0 Å². The lowest BCUT2D eigenvalue weighted by Crippen LogP contribution is -2.61. The number of nitrogens with zero attached hydrogens (tertiary/aromatic N) is 2. The molecule has 0 saturated heterocycles. The number of ether oxygens (including phenoxy) is 3. The van der Waals surface area contributed by atoms with Crippen molar-refractivity contribution in [1.29, 1.82) is 0 Å². The van der Waals surface area contributed by atoms with Gasteiger partial charge in [-0.25, -0.2) is 0 Å². The summed E-state index contributed by atoms with van der Waals surface area (Å²) in [7, 11) is 3.13. The van der Waals surface area contributed by atoms with Crippen LogP contribution >= 0.6 is 0 Å². The van der Waals surface area contributed by atoms with Crippen LogP contribution in [0.2, 0.25) is 0 Å². The van der Waals surface area contributed by atoms with Crippen molar-refractivity contribution in [1.82, 2.24) is 15.2 Å². The second-order valence-electron chi connectivity index (χ2n) is 8.79. The number of hydrogen-bond donors (Lipinski definition) is 1. The Hall–Kier alpha value is -4.11. The molecule has 9 heteroatoms. The zero-order chi connectivity index (χ0) is 25.3. The second-order valence-corrected chi connectivity index (χ2v) is 8.79. The molecule has 9 nitrogen and oxygen atoms in total. The predicted octanol–water partition coefficient (Wildman–Crippen LogP) is 3.55. The molecular weight excluding hydrogens is 462 g/mol. The Bertz CT molecular complexity index is 1450. The van der Waals surface area contributed by atoms with E-state index in [0.29, 0.717) is 22.5 Å². The van der Waals surface area contributed by atoms with E-state index in [1.54, 1.807) is 39.6 Å². The molecule has 0 bridgehead atoms. The number of fused-ring (bicyclic) bond motifs is 4. The normalized spacial score (nSPS) is 17.5. The van der Waals surface area contributed by atoms with E-state index in [9.17, 15) is 9.59 Å². The molecular formula is C27H27N3O6. The molecule has 0 saturated carbocycles. The van der Waals surface area contributed by atoms with Crippen molar-refractivity contribution in [2.24, 2.45) is 0 Å². The second kappa shape index (κ2) is 9.50. The van der Waals surface area contributed by atoms with Crippen LogP contribution in [-0.2, 0) is 16.1 Å². The van der Waals surface area contributed by atoms with Crippen LogP contribution in [0.4, 0.5) is 0 Å². The summed E-state index contributed by atoms with van der Waals surface area (Å²) in [4.78, 5) is 33.0. The lowest BCUT2D eigenvalue weighted by molar-refractivity contribution is -0.133. The van der Waals surface area contributed by atoms with Gasteiger partial charge in [0.15, 0.2) is 11.3 Å². The van der Waals surface area contributed by atoms with Crippen molar-refractivity contribution in [3.05, 3.63) is 66.2 Å². The third-order valence-electron chi connectivity index (χ3n) is 6.63. The fraction of sp³-hybridized carbons (Fsp3) is 0.296. The van der Waals surface area contributed by atoms with Gasteiger partial charge in [-0.3, -0.25) is 14.6 Å². The molecule has 4 aromatic rings. The zero-order valence-electron chi connectivity index (χ0n) is 20.4. The largest absolute Gasteiger partial charge is 0.496 e. The Morgan fingerprint density at radius 2 is 2.00 bits per heavy atom. The molecule has 2 aromatic carbocycles. The number of rotatable bonds is 7. The summed E-state index contributed by atoms with van der Waals surface area (Å²) in [6.45, 7) is 2.25. The van der Waals surface area contributed by atoms with Gasteiger partial charge in [0.2, 0.25) is 11.7 Å². The number of methoxy groups -OCH3 is 2. The van der Waals surface area contributed by atoms with Crippen molar-refractivity contribution in [2.45, 2.75) is 19.0 Å². The summed E-state index contributed by atoms with van der Waals surface area (Å²) in [6.07, 6.45) is 3.46. The van der Waals surface area contributed by atoms with Crippen molar-refractivity contribution >= 4 is 33.6 Å². The molecule has 186 valence electrons. The van der Waals surface area contributed by atoms with E-state index >= 15 is 0 Å². The highest BCUT2D eigenvalue weighted by Gasteiger charge is 2.47. The van der Waals surface area contributed by atoms with Crippen molar-refractivity contribution < 1.29 is 28.2 Å². The van der Waals surface area contributed by atoms with Gasteiger partial charge in [-0.1, -0.05) is 12.1 Å². The van der Waals surface area contributed by atoms with E-state index in [0.717, 1.165) is 16.3 Å². The lowest BCUT2D eigenvalue weighted by atomic mass is 9.98. The van der Waals surface area contributed by atoms with Crippen LogP contribution in [0.15, 0.2) is 59.3 Å². The number of amides is 2. The minimum Gasteiger partial charge on any atom is -0.496 e. The van der Waals surface area contributed by atoms with Crippen molar-refractivity contribution in [2.75, 3.05) is 34.0 Å². The Morgan fingerprint density at radius 3 is 2.81 bits per heavy atom. The molecule has 5 rings (SSSR count). The monoisotopic (exact) mass is 489 g/mol. The quantitative estimate of drug-likeness (QED) is 0.424. The molecule has 1 atom stereocenters. The molecule has 2 amide bonds. The number of carbonyl (C=O) groups is 2. The maximum atomic E-state index is 13.7. The molecule has 0 aliphatic carbocycles. The number of pyridine rings is 1. The molecule has 1 aliphatic rings. The van der Waals surface area contributed by atoms with Crippen LogP contribution in [0.25, 0.3) is 21.7 Å². The molecule has 3 heterocycles. The van der Waals surface area contributed by atoms with Gasteiger partial charge in [0.05, 0.1) is 19.1 Å². The zero-order valence-corrected chi connectivity index (χ0v) is 20.4. The first-order valence-electron chi connectivity index (χ1n) is 11.6. The topological polar surface area (TPSA) is 103 Å². The third kappa shape index (κ3) is 3.91.